The van der Waals surface area contributed by atoms with Gasteiger partial charge in [0.25, 0.3) is 5.69 Å². The average molecular weight is 398 g/mol. The average Bonchev–Trinajstić information content (AvgIpc) is 2.71. The zero-order valence-electron chi connectivity index (χ0n) is 15.9. The first kappa shape index (κ1) is 20.2. The molecule has 29 heavy (non-hydrogen) atoms. The van der Waals surface area contributed by atoms with Crippen LogP contribution in [-0.4, -0.2) is 28.8 Å². The van der Waals surface area contributed by atoms with E-state index in [1.165, 1.54) is 36.3 Å². The Hall–Kier alpha value is -3.55. The molecule has 0 aromatic heterocycles. The van der Waals surface area contributed by atoms with Crippen LogP contribution in [0.15, 0.2) is 59.8 Å². The molecule has 0 unspecified atom stereocenters. The van der Waals surface area contributed by atoms with Gasteiger partial charge in [-0.15, -0.1) is 0 Å². The lowest BCUT2D eigenvalue weighted by molar-refractivity contribution is -0.384. The van der Waals surface area contributed by atoms with Crippen LogP contribution in [0.5, 0.6) is 0 Å². The molecule has 0 saturated heterocycles. The first-order valence-electron chi connectivity index (χ1n) is 8.90. The minimum Gasteiger partial charge on any atom is -0.466 e. The summed E-state index contributed by atoms with van der Waals surface area (Å²) in [4.78, 5) is 37.3. The highest BCUT2D eigenvalue weighted by Gasteiger charge is 2.37. The van der Waals surface area contributed by atoms with Gasteiger partial charge in [-0.05, 0) is 18.6 Å². The molecule has 1 amide bonds. The van der Waals surface area contributed by atoms with E-state index in [0.29, 0.717) is 16.8 Å². The predicted octanol–water partition coefficient (Wildman–Crippen LogP) is 3.70. The van der Waals surface area contributed by atoms with Crippen molar-refractivity contribution in [3.05, 3.63) is 86.9 Å². The third-order valence-corrected chi connectivity index (χ3v) is 5.00. The summed E-state index contributed by atoms with van der Waals surface area (Å²) >= 11 is 0. The molecule has 0 bridgehead atoms. The second-order valence-corrected chi connectivity index (χ2v) is 6.67. The van der Waals surface area contributed by atoms with E-state index in [2.05, 4.69) is 0 Å². The SMILES string of the molecule is COC(=O)C1=C(C)N(Cc2ccccc2F)C(=O)C[C@H]1c1cccc([N+](=O)[O-])c1. The van der Waals surface area contributed by atoms with Crippen molar-refractivity contribution in [3.63, 3.8) is 0 Å². The van der Waals surface area contributed by atoms with Gasteiger partial charge in [-0.2, -0.15) is 0 Å². The fourth-order valence-electron chi connectivity index (χ4n) is 3.51. The molecular weight excluding hydrogens is 379 g/mol. The molecule has 7 nitrogen and oxygen atoms in total. The number of methoxy groups -OCH3 is 1. The fraction of sp³-hybridized carbons (Fsp3) is 0.238. The maximum absolute atomic E-state index is 14.1. The van der Waals surface area contributed by atoms with Gasteiger partial charge in [0.15, 0.2) is 0 Å². The number of ether oxygens (including phenoxy) is 1. The monoisotopic (exact) mass is 398 g/mol. The minimum absolute atomic E-state index is 0.0283. The lowest BCUT2D eigenvalue weighted by Gasteiger charge is -2.34. The van der Waals surface area contributed by atoms with Crippen LogP contribution in [0.3, 0.4) is 0 Å². The van der Waals surface area contributed by atoms with E-state index in [4.69, 9.17) is 4.74 Å². The molecule has 1 aliphatic heterocycles. The van der Waals surface area contributed by atoms with Crippen LogP contribution in [0, 0.1) is 15.9 Å². The molecule has 0 aliphatic carbocycles. The summed E-state index contributed by atoms with van der Waals surface area (Å²) in [6.45, 7) is 1.56. The van der Waals surface area contributed by atoms with Crippen LogP contribution in [0.2, 0.25) is 0 Å². The number of carbonyl (C=O) groups is 2. The van der Waals surface area contributed by atoms with Crippen LogP contribution in [0.4, 0.5) is 10.1 Å². The first-order valence-corrected chi connectivity index (χ1v) is 8.90. The molecule has 0 radical (unpaired) electrons. The van der Waals surface area contributed by atoms with E-state index in [1.54, 1.807) is 31.2 Å². The number of hydrogen-bond acceptors (Lipinski definition) is 5. The zero-order valence-corrected chi connectivity index (χ0v) is 15.9. The lowest BCUT2D eigenvalue weighted by atomic mass is 9.83. The van der Waals surface area contributed by atoms with Crippen molar-refractivity contribution in [1.82, 2.24) is 4.90 Å². The normalized spacial score (nSPS) is 16.7. The number of carbonyl (C=O) groups excluding carboxylic acids is 2. The molecular formula is C21H19FN2O5. The van der Waals surface area contributed by atoms with Crippen LogP contribution < -0.4 is 0 Å². The highest BCUT2D eigenvalue weighted by molar-refractivity contribution is 5.95. The highest BCUT2D eigenvalue weighted by Crippen LogP contribution is 2.38. The minimum atomic E-state index is -0.688. The predicted molar refractivity (Wildman–Crippen MR) is 102 cm³/mol. The summed E-state index contributed by atoms with van der Waals surface area (Å²) in [5, 5.41) is 11.1. The molecule has 2 aromatic carbocycles. The van der Waals surface area contributed by atoms with Crippen molar-refractivity contribution in [2.75, 3.05) is 7.11 Å². The number of halogens is 1. The summed E-state index contributed by atoms with van der Waals surface area (Å²) < 4.78 is 19.0. The van der Waals surface area contributed by atoms with Crippen LogP contribution >= 0.6 is 0 Å². The van der Waals surface area contributed by atoms with Gasteiger partial charge in [0.2, 0.25) is 5.91 Å². The van der Waals surface area contributed by atoms with Gasteiger partial charge in [0.1, 0.15) is 5.82 Å². The number of amides is 1. The van der Waals surface area contributed by atoms with Crippen molar-refractivity contribution in [3.8, 4) is 0 Å². The Morgan fingerprint density at radius 2 is 2.00 bits per heavy atom. The van der Waals surface area contributed by atoms with Gasteiger partial charge in [-0.25, -0.2) is 9.18 Å². The Morgan fingerprint density at radius 3 is 2.66 bits per heavy atom. The number of non-ortho nitro benzene ring substituents is 1. The van der Waals surface area contributed by atoms with Gasteiger partial charge < -0.3 is 9.64 Å². The summed E-state index contributed by atoms with van der Waals surface area (Å²) in [5.74, 6) is -2.08. The quantitative estimate of drug-likeness (QED) is 0.435. The van der Waals surface area contributed by atoms with Gasteiger partial charge in [-0.3, -0.25) is 14.9 Å². The van der Waals surface area contributed by atoms with Crippen molar-refractivity contribution >= 4 is 17.6 Å². The second kappa shape index (κ2) is 8.22. The largest absolute Gasteiger partial charge is 0.466 e. The molecule has 0 fully saturated rings. The van der Waals surface area contributed by atoms with Crippen molar-refractivity contribution in [2.45, 2.75) is 25.8 Å². The van der Waals surface area contributed by atoms with Gasteiger partial charge >= 0.3 is 5.97 Å². The number of rotatable bonds is 5. The van der Waals surface area contributed by atoms with Gasteiger partial charge in [0.05, 0.1) is 24.2 Å². The molecule has 1 heterocycles. The van der Waals surface area contributed by atoms with Crippen LogP contribution in [-0.2, 0) is 20.9 Å². The van der Waals surface area contributed by atoms with Crippen molar-refractivity contribution in [2.24, 2.45) is 0 Å². The molecule has 1 aliphatic rings. The molecule has 0 spiro atoms. The Morgan fingerprint density at radius 1 is 1.28 bits per heavy atom. The van der Waals surface area contributed by atoms with Crippen LogP contribution in [0.1, 0.15) is 30.4 Å². The number of allylic oxidation sites excluding steroid dienone is 1. The third kappa shape index (κ3) is 4.01. The maximum atomic E-state index is 14.1. The second-order valence-electron chi connectivity index (χ2n) is 6.67. The highest BCUT2D eigenvalue weighted by atomic mass is 19.1. The number of nitro benzene ring substituents is 1. The van der Waals surface area contributed by atoms with E-state index in [9.17, 15) is 24.1 Å². The van der Waals surface area contributed by atoms with E-state index in [-0.39, 0.29) is 30.1 Å². The van der Waals surface area contributed by atoms with E-state index in [0.717, 1.165) is 0 Å². The molecule has 8 heteroatoms. The van der Waals surface area contributed by atoms with E-state index in [1.807, 2.05) is 0 Å². The number of hydrogen-bond donors (Lipinski definition) is 0. The first-order chi connectivity index (χ1) is 13.8. The summed E-state index contributed by atoms with van der Waals surface area (Å²) in [7, 11) is 1.23. The van der Waals surface area contributed by atoms with Crippen molar-refractivity contribution in [1.29, 1.82) is 0 Å². The number of benzene rings is 2. The lowest BCUT2D eigenvalue weighted by Crippen LogP contribution is -2.38. The van der Waals surface area contributed by atoms with Crippen molar-refractivity contribution < 1.29 is 23.6 Å². The third-order valence-electron chi connectivity index (χ3n) is 5.00. The smallest absolute Gasteiger partial charge is 0.336 e. The van der Waals surface area contributed by atoms with Gasteiger partial charge in [0, 0.05) is 35.7 Å². The molecule has 150 valence electrons. The molecule has 0 N–H and O–H groups in total. The van der Waals surface area contributed by atoms with Gasteiger partial charge in [-0.1, -0.05) is 30.3 Å². The number of nitro groups is 1. The van der Waals surface area contributed by atoms with E-state index >= 15 is 0 Å². The Balaban J connectivity index is 2.06. The summed E-state index contributed by atoms with van der Waals surface area (Å²) in [6.07, 6.45) is -0.0859. The Labute approximate surface area is 166 Å². The molecule has 1 atom stereocenters. The van der Waals surface area contributed by atoms with E-state index < -0.39 is 22.6 Å². The Kier molecular flexibility index (Phi) is 5.72. The number of esters is 1. The Bertz CT molecular complexity index is 1020. The molecule has 0 saturated carbocycles. The summed E-state index contributed by atoms with van der Waals surface area (Å²) in [6, 6.07) is 11.9. The topological polar surface area (TPSA) is 89.8 Å². The molecule has 3 rings (SSSR count). The standard InChI is InChI=1S/C21H19FN2O5/c1-13-20(21(26)29-2)17(14-7-5-8-16(10-14)24(27)28)11-19(25)23(13)12-15-6-3-4-9-18(15)22/h3-10,17H,11-12H2,1-2H3/t17-/m0/s1. The van der Waals surface area contributed by atoms with Crippen LogP contribution in [0.25, 0.3) is 0 Å². The summed E-state index contributed by atoms with van der Waals surface area (Å²) in [5.41, 5.74) is 1.22. The molecule has 2 aromatic rings. The fourth-order valence-corrected chi connectivity index (χ4v) is 3.51. The number of nitrogens with zero attached hydrogens (tertiary/aromatic N) is 2. The maximum Gasteiger partial charge on any atom is 0.336 e. The zero-order chi connectivity index (χ0) is 21.1.